The quantitative estimate of drug-likeness (QED) is 0.681. The van der Waals surface area contributed by atoms with Crippen molar-refractivity contribution in [2.75, 3.05) is 0 Å². The Balaban J connectivity index is 2.00. The van der Waals surface area contributed by atoms with Gasteiger partial charge in [-0.05, 0) is 55.3 Å². The smallest absolute Gasteiger partial charge is 0.0604 e. The Bertz CT molecular complexity index is 338. The fourth-order valence-electron chi connectivity index (χ4n) is 5.56. The Morgan fingerprint density at radius 3 is 2.35 bits per heavy atom. The van der Waals surface area contributed by atoms with Gasteiger partial charge in [0.05, 0.1) is 12.2 Å². The number of hydrogen-bond donors (Lipinski definition) is 2. The molecule has 0 aromatic rings. The summed E-state index contributed by atoms with van der Waals surface area (Å²) in [5.74, 6) is 0.658. The van der Waals surface area contributed by atoms with Gasteiger partial charge in [-0.1, -0.05) is 20.8 Å². The molecule has 2 bridgehead atoms. The minimum absolute atomic E-state index is 0.0656. The first-order valence-corrected chi connectivity index (χ1v) is 7.16. The molecule has 0 aliphatic heterocycles. The second-order valence-electron chi connectivity index (χ2n) is 7.92. The van der Waals surface area contributed by atoms with E-state index in [2.05, 4.69) is 20.8 Å². The lowest BCUT2D eigenvalue weighted by atomic mass is 9.49. The molecule has 3 aliphatic carbocycles. The second-order valence-corrected chi connectivity index (χ2v) is 7.92. The molecule has 0 unspecified atom stereocenters. The first kappa shape index (κ1) is 12.0. The van der Waals surface area contributed by atoms with Crippen LogP contribution in [0.4, 0.5) is 0 Å². The lowest BCUT2D eigenvalue weighted by Gasteiger charge is -2.57. The van der Waals surface area contributed by atoms with Crippen LogP contribution in [0.1, 0.15) is 59.3 Å². The lowest BCUT2D eigenvalue weighted by molar-refractivity contribution is -0.144. The summed E-state index contributed by atoms with van der Waals surface area (Å²) in [6, 6.07) is 0. The third-order valence-corrected chi connectivity index (χ3v) is 6.45. The molecule has 98 valence electrons. The molecule has 17 heavy (non-hydrogen) atoms. The van der Waals surface area contributed by atoms with Gasteiger partial charge < -0.3 is 10.2 Å². The number of aliphatic hydroxyl groups excluding tert-OH is 2. The van der Waals surface area contributed by atoms with Crippen molar-refractivity contribution in [2.24, 2.45) is 22.2 Å². The summed E-state index contributed by atoms with van der Waals surface area (Å²) in [4.78, 5) is 0. The Morgan fingerprint density at radius 2 is 1.65 bits per heavy atom. The van der Waals surface area contributed by atoms with Crippen molar-refractivity contribution in [3.63, 3.8) is 0 Å². The topological polar surface area (TPSA) is 40.5 Å². The van der Waals surface area contributed by atoms with Crippen molar-refractivity contribution in [3.05, 3.63) is 0 Å². The molecule has 3 saturated carbocycles. The third-order valence-electron chi connectivity index (χ3n) is 6.45. The molecular formula is C15H26O2. The molecule has 0 amide bonds. The van der Waals surface area contributed by atoms with E-state index in [0.717, 1.165) is 32.1 Å². The standard InChI is InChI=1S/C15H26O2/c1-13(2)8-12(17)15-7-5-11(16)14(3,9-15)6-4-10(13)15/h10-12,16-17H,4-9H2,1-3H3/t10-,11+,12-,14+,15-/m1/s1. The number of aliphatic hydroxyl groups is 2. The zero-order chi connectivity index (χ0) is 12.5. The summed E-state index contributed by atoms with van der Waals surface area (Å²) in [5, 5.41) is 20.8. The van der Waals surface area contributed by atoms with Crippen molar-refractivity contribution in [2.45, 2.75) is 71.5 Å². The summed E-state index contributed by atoms with van der Waals surface area (Å²) < 4.78 is 0. The first-order chi connectivity index (χ1) is 7.80. The summed E-state index contributed by atoms with van der Waals surface area (Å²) in [7, 11) is 0. The number of fused-ring (bicyclic) bond motifs is 1. The zero-order valence-electron chi connectivity index (χ0n) is 11.4. The molecule has 0 radical (unpaired) electrons. The van der Waals surface area contributed by atoms with Gasteiger partial charge in [-0.3, -0.25) is 0 Å². The van der Waals surface area contributed by atoms with E-state index < -0.39 is 0 Å². The highest BCUT2D eigenvalue weighted by molar-refractivity contribution is 5.14. The first-order valence-electron chi connectivity index (χ1n) is 7.16. The molecular weight excluding hydrogens is 212 g/mol. The normalized spacial score (nSPS) is 56.6. The van der Waals surface area contributed by atoms with Crippen molar-refractivity contribution < 1.29 is 10.2 Å². The molecule has 0 aromatic heterocycles. The zero-order valence-corrected chi connectivity index (χ0v) is 11.4. The van der Waals surface area contributed by atoms with E-state index in [1.807, 2.05) is 0 Å². The van der Waals surface area contributed by atoms with Gasteiger partial charge in [-0.15, -0.1) is 0 Å². The molecule has 0 heterocycles. The largest absolute Gasteiger partial charge is 0.393 e. The van der Waals surface area contributed by atoms with Gasteiger partial charge in [-0.2, -0.15) is 0 Å². The van der Waals surface area contributed by atoms with Gasteiger partial charge >= 0.3 is 0 Å². The maximum absolute atomic E-state index is 10.6. The van der Waals surface area contributed by atoms with E-state index >= 15 is 0 Å². The fraction of sp³-hybridized carbons (Fsp3) is 1.00. The number of rotatable bonds is 0. The summed E-state index contributed by atoms with van der Waals surface area (Å²) >= 11 is 0. The molecule has 3 rings (SSSR count). The van der Waals surface area contributed by atoms with Crippen molar-refractivity contribution in [1.29, 1.82) is 0 Å². The van der Waals surface area contributed by atoms with Crippen molar-refractivity contribution in [3.8, 4) is 0 Å². The average Bonchev–Trinajstić information content (AvgIpc) is 2.41. The monoisotopic (exact) mass is 238 g/mol. The maximum atomic E-state index is 10.6. The van der Waals surface area contributed by atoms with Crippen LogP contribution >= 0.6 is 0 Å². The minimum Gasteiger partial charge on any atom is -0.393 e. The summed E-state index contributed by atoms with van der Waals surface area (Å²) in [6.07, 6.45) is 5.94. The van der Waals surface area contributed by atoms with Crippen LogP contribution in [0.3, 0.4) is 0 Å². The van der Waals surface area contributed by atoms with Crippen LogP contribution in [-0.2, 0) is 0 Å². The van der Waals surface area contributed by atoms with E-state index in [9.17, 15) is 10.2 Å². The van der Waals surface area contributed by atoms with E-state index in [4.69, 9.17) is 0 Å². The minimum atomic E-state index is -0.148. The molecule has 5 atom stereocenters. The van der Waals surface area contributed by atoms with E-state index in [1.165, 1.54) is 6.42 Å². The van der Waals surface area contributed by atoms with Gasteiger partial charge in [-0.25, -0.2) is 0 Å². The summed E-state index contributed by atoms with van der Waals surface area (Å²) in [6.45, 7) is 6.87. The van der Waals surface area contributed by atoms with E-state index in [0.29, 0.717) is 5.92 Å². The predicted octanol–water partition coefficient (Wildman–Crippen LogP) is 2.72. The third kappa shape index (κ3) is 1.40. The molecule has 0 aromatic carbocycles. The molecule has 1 spiro atoms. The highest BCUT2D eigenvalue weighted by atomic mass is 16.3. The van der Waals surface area contributed by atoms with Gasteiger partial charge in [0.1, 0.15) is 0 Å². The fourth-order valence-corrected chi connectivity index (χ4v) is 5.56. The van der Waals surface area contributed by atoms with Crippen molar-refractivity contribution in [1.82, 2.24) is 0 Å². The van der Waals surface area contributed by atoms with E-state index in [1.54, 1.807) is 0 Å². The molecule has 3 aliphatic rings. The molecule has 2 nitrogen and oxygen atoms in total. The van der Waals surface area contributed by atoms with Crippen LogP contribution in [0.2, 0.25) is 0 Å². The summed E-state index contributed by atoms with van der Waals surface area (Å²) in [5.41, 5.74) is 0.467. The molecule has 2 N–H and O–H groups in total. The molecule has 0 saturated heterocycles. The van der Waals surface area contributed by atoms with Gasteiger partial charge in [0, 0.05) is 5.41 Å². The highest BCUT2D eigenvalue weighted by Gasteiger charge is 2.64. The van der Waals surface area contributed by atoms with E-state index in [-0.39, 0.29) is 28.5 Å². The van der Waals surface area contributed by atoms with Crippen LogP contribution in [0.5, 0.6) is 0 Å². The second kappa shape index (κ2) is 3.27. The maximum Gasteiger partial charge on any atom is 0.0604 e. The van der Waals surface area contributed by atoms with Crippen molar-refractivity contribution >= 4 is 0 Å². The van der Waals surface area contributed by atoms with Crippen LogP contribution in [0.15, 0.2) is 0 Å². The van der Waals surface area contributed by atoms with Crippen LogP contribution < -0.4 is 0 Å². The lowest BCUT2D eigenvalue weighted by Crippen LogP contribution is -2.54. The molecule has 2 heteroatoms. The van der Waals surface area contributed by atoms with Gasteiger partial charge in [0.15, 0.2) is 0 Å². The van der Waals surface area contributed by atoms with Crippen LogP contribution in [-0.4, -0.2) is 22.4 Å². The average molecular weight is 238 g/mol. The van der Waals surface area contributed by atoms with Gasteiger partial charge in [0.25, 0.3) is 0 Å². The predicted molar refractivity (Wildman–Crippen MR) is 67.5 cm³/mol. The Hall–Kier alpha value is -0.0800. The SMILES string of the molecule is CC1(C)C[C@@H](O)[C@@]23CC[C@H](O)[C@@](C)(CC[C@H]12)C3. The van der Waals surface area contributed by atoms with Crippen LogP contribution in [0.25, 0.3) is 0 Å². The van der Waals surface area contributed by atoms with Gasteiger partial charge in [0.2, 0.25) is 0 Å². The Morgan fingerprint density at radius 1 is 0.941 bits per heavy atom. The van der Waals surface area contributed by atoms with Crippen LogP contribution in [0, 0.1) is 22.2 Å². The highest BCUT2D eigenvalue weighted by Crippen LogP contribution is 2.68. The number of hydrogen-bond acceptors (Lipinski definition) is 2. The molecule has 3 fully saturated rings. The Kier molecular flexibility index (Phi) is 2.30. The Labute approximate surface area is 104 Å².